The Morgan fingerprint density at radius 3 is 2.53 bits per heavy atom. The van der Waals surface area contributed by atoms with Gasteiger partial charge in [0.15, 0.2) is 0 Å². The smallest absolute Gasteiger partial charge is 0.240 e. The number of carbonyl (C=O) groups is 2. The number of benzene rings is 2. The van der Waals surface area contributed by atoms with E-state index in [0.29, 0.717) is 35.3 Å². The van der Waals surface area contributed by atoms with Gasteiger partial charge in [0.2, 0.25) is 5.91 Å². The number of hydrogen-bond acceptors (Lipinski definition) is 6. The summed E-state index contributed by atoms with van der Waals surface area (Å²) >= 11 is 0. The molecule has 4 aliphatic rings. The van der Waals surface area contributed by atoms with Crippen LogP contribution in [-0.4, -0.2) is 58.4 Å². The lowest BCUT2D eigenvalue weighted by Crippen LogP contribution is -2.62. The molecule has 3 aliphatic carbocycles. The number of carbonyl (C=O) groups excluding carboxylic acids is 2. The molecule has 8 atom stereocenters. The lowest BCUT2D eigenvalue weighted by atomic mass is 9.45. The molecule has 3 saturated carbocycles. The van der Waals surface area contributed by atoms with Gasteiger partial charge in [0.1, 0.15) is 18.4 Å². The van der Waals surface area contributed by atoms with Crippen LogP contribution in [0.15, 0.2) is 48.5 Å². The van der Waals surface area contributed by atoms with Crippen LogP contribution >= 0.6 is 0 Å². The molecule has 38 heavy (non-hydrogen) atoms. The highest BCUT2D eigenvalue weighted by molar-refractivity contribution is 5.83. The topological polar surface area (TPSA) is 99.1 Å². The maximum atomic E-state index is 13.8. The normalized spacial score (nSPS) is 32.8. The standard InChI is InChI=1S/C31H40N2O5/c1-18-25-13-24(31(25,3)4)14-26(18)32-30(37)29-28(19(2)36)27(17-35)38-33(29)15-20-7-5-9-22(11-20)23-10-6-8-21(12-23)16-34/h5-12,16,18-19,24-29,35-36H,13-15,17H2,1-4H3,(H,32,37)/t18?,19-,24+,25-,26-,27-,28+,29-/m0/s1. The third kappa shape index (κ3) is 4.81. The summed E-state index contributed by atoms with van der Waals surface area (Å²) in [6.45, 7) is 8.60. The Bertz CT molecular complexity index is 1180. The number of aliphatic hydroxyl groups excluding tert-OH is 2. The van der Waals surface area contributed by atoms with Crippen molar-refractivity contribution < 1.29 is 24.6 Å². The van der Waals surface area contributed by atoms with E-state index in [2.05, 4.69) is 26.1 Å². The first-order chi connectivity index (χ1) is 18.1. The zero-order chi connectivity index (χ0) is 27.2. The number of hydrogen-bond donors (Lipinski definition) is 3. The van der Waals surface area contributed by atoms with E-state index in [4.69, 9.17) is 4.84 Å². The monoisotopic (exact) mass is 520 g/mol. The fourth-order valence-electron chi connectivity index (χ4n) is 7.31. The van der Waals surface area contributed by atoms with Crippen LogP contribution in [0.25, 0.3) is 11.1 Å². The maximum Gasteiger partial charge on any atom is 0.240 e. The third-order valence-corrected chi connectivity index (χ3v) is 9.68. The van der Waals surface area contributed by atoms with Crippen LogP contribution in [0, 0.1) is 29.1 Å². The lowest BCUT2D eigenvalue weighted by molar-refractivity contribution is -0.183. The Balaban J connectivity index is 1.37. The van der Waals surface area contributed by atoms with Gasteiger partial charge in [-0.15, -0.1) is 0 Å². The largest absolute Gasteiger partial charge is 0.394 e. The molecule has 1 unspecified atom stereocenters. The molecule has 4 fully saturated rings. The van der Waals surface area contributed by atoms with Crippen LogP contribution in [-0.2, 0) is 16.2 Å². The second-order valence-corrected chi connectivity index (χ2v) is 12.2. The quantitative estimate of drug-likeness (QED) is 0.458. The predicted molar refractivity (Wildman–Crippen MR) is 145 cm³/mol. The van der Waals surface area contributed by atoms with Crippen LogP contribution in [0.3, 0.4) is 0 Å². The van der Waals surface area contributed by atoms with Gasteiger partial charge in [0, 0.05) is 17.5 Å². The molecule has 0 radical (unpaired) electrons. The molecule has 0 spiro atoms. The summed E-state index contributed by atoms with van der Waals surface area (Å²) in [6, 6.07) is 14.7. The van der Waals surface area contributed by atoms with E-state index in [1.165, 1.54) is 6.42 Å². The van der Waals surface area contributed by atoms with E-state index in [1.54, 1.807) is 18.1 Å². The molecule has 204 valence electrons. The Kier molecular flexibility index (Phi) is 7.48. The fourth-order valence-corrected chi connectivity index (χ4v) is 7.31. The minimum atomic E-state index is -0.832. The van der Waals surface area contributed by atoms with Crippen LogP contribution in [0.4, 0.5) is 0 Å². The molecule has 0 aromatic heterocycles. The number of aldehydes is 1. The van der Waals surface area contributed by atoms with Crippen molar-refractivity contribution >= 4 is 12.2 Å². The molecule has 2 bridgehead atoms. The summed E-state index contributed by atoms with van der Waals surface area (Å²) < 4.78 is 0. The number of rotatable bonds is 8. The number of aliphatic hydroxyl groups is 2. The number of nitrogens with zero attached hydrogens (tertiary/aromatic N) is 1. The zero-order valence-electron chi connectivity index (χ0n) is 22.7. The molecule has 7 heteroatoms. The average Bonchev–Trinajstić information content (AvgIpc) is 3.28. The highest BCUT2D eigenvalue weighted by Gasteiger charge is 2.57. The predicted octanol–water partition coefficient (Wildman–Crippen LogP) is 3.83. The van der Waals surface area contributed by atoms with Gasteiger partial charge >= 0.3 is 0 Å². The molecular formula is C31H40N2O5. The minimum Gasteiger partial charge on any atom is -0.394 e. The zero-order valence-corrected chi connectivity index (χ0v) is 22.7. The van der Waals surface area contributed by atoms with Crippen molar-refractivity contribution in [1.29, 1.82) is 0 Å². The van der Waals surface area contributed by atoms with E-state index in [9.17, 15) is 19.8 Å². The van der Waals surface area contributed by atoms with Gasteiger partial charge < -0.3 is 15.5 Å². The van der Waals surface area contributed by atoms with E-state index in [0.717, 1.165) is 29.4 Å². The third-order valence-electron chi connectivity index (χ3n) is 9.68. The lowest BCUT2D eigenvalue weighted by Gasteiger charge is -2.62. The van der Waals surface area contributed by atoms with Crippen LogP contribution in [0.2, 0.25) is 0 Å². The van der Waals surface area contributed by atoms with Gasteiger partial charge in [-0.2, -0.15) is 5.06 Å². The van der Waals surface area contributed by atoms with E-state index < -0.39 is 24.2 Å². The highest BCUT2D eigenvalue weighted by atomic mass is 16.7. The van der Waals surface area contributed by atoms with E-state index in [-0.39, 0.29) is 18.6 Å². The molecule has 7 nitrogen and oxygen atoms in total. The molecule has 2 aromatic rings. The van der Waals surface area contributed by atoms with Gasteiger partial charge in [-0.3, -0.25) is 14.4 Å². The molecule has 3 N–H and O–H groups in total. The molecule has 1 saturated heterocycles. The van der Waals surface area contributed by atoms with Crippen molar-refractivity contribution in [2.45, 2.75) is 71.4 Å². The molecule has 1 amide bonds. The van der Waals surface area contributed by atoms with Crippen LogP contribution in [0.1, 0.15) is 56.5 Å². The van der Waals surface area contributed by atoms with E-state index in [1.807, 2.05) is 42.5 Å². The summed E-state index contributed by atoms with van der Waals surface area (Å²) in [5.41, 5.74) is 3.74. The van der Waals surface area contributed by atoms with Crippen molar-refractivity contribution in [2.75, 3.05) is 6.61 Å². The van der Waals surface area contributed by atoms with Crippen molar-refractivity contribution in [3.8, 4) is 11.1 Å². The van der Waals surface area contributed by atoms with Crippen LogP contribution in [0.5, 0.6) is 0 Å². The highest BCUT2D eigenvalue weighted by Crippen LogP contribution is 2.61. The summed E-state index contributed by atoms with van der Waals surface area (Å²) in [6.07, 6.45) is 1.52. The SMILES string of the molecule is CC1[C@@H](NC(=O)[C@@H]2[C@H]([C@H](C)O)[C@H](CO)ON2Cc2cccc(-c3cccc(C=O)c3)c2)C[C@H]2C[C@@H]1C2(C)C. The fraction of sp³-hybridized carbons (Fsp3) is 0.548. The number of nitrogens with one attached hydrogen (secondary N) is 1. The van der Waals surface area contributed by atoms with Gasteiger partial charge in [-0.25, -0.2) is 0 Å². The molecule has 6 rings (SSSR count). The Hall–Kier alpha value is -2.58. The number of fused-ring (bicyclic) bond motifs is 2. The minimum absolute atomic E-state index is 0.0948. The number of amides is 1. The summed E-state index contributed by atoms with van der Waals surface area (Å²) in [5.74, 6) is 0.881. The first-order valence-electron chi connectivity index (χ1n) is 13.8. The number of hydroxylamine groups is 2. The van der Waals surface area contributed by atoms with Crippen molar-refractivity contribution in [2.24, 2.45) is 29.1 Å². The van der Waals surface area contributed by atoms with Crippen molar-refractivity contribution in [3.05, 3.63) is 59.7 Å². The Morgan fingerprint density at radius 1 is 1.18 bits per heavy atom. The van der Waals surface area contributed by atoms with Crippen LogP contribution < -0.4 is 5.32 Å². The maximum absolute atomic E-state index is 13.8. The van der Waals surface area contributed by atoms with Crippen molar-refractivity contribution in [3.63, 3.8) is 0 Å². The Labute approximate surface area is 225 Å². The van der Waals surface area contributed by atoms with Gasteiger partial charge in [0.05, 0.1) is 19.3 Å². The first-order valence-corrected chi connectivity index (χ1v) is 13.8. The first kappa shape index (κ1) is 27.0. The van der Waals surface area contributed by atoms with Gasteiger partial charge in [-0.1, -0.05) is 57.2 Å². The molecule has 1 heterocycles. The summed E-state index contributed by atoms with van der Waals surface area (Å²) in [7, 11) is 0. The Morgan fingerprint density at radius 2 is 1.89 bits per heavy atom. The van der Waals surface area contributed by atoms with Crippen molar-refractivity contribution in [1.82, 2.24) is 10.4 Å². The second-order valence-electron chi connectivity index (χ2n) is 12.2. The van der Waals surface area contributed by atoms with E-state index >= 15 is 0 Å². The molecular weight excluding hydrogens is 480 g/mol. The van der Waals surface area contributed by atoms with Gasteiger partial charge in [-0.05, 0) is 71.8 Å². The molecule has 2 aromatic carbocycles. The summed E-state index contributed by atoms with van der Waals surface area (Å²) in [4.78, 5) is 31.2. The second kappa shape index (κ2) is 10.5. The molecule has 1 aliphatic heterocycles. The summed E-state index contributed by atoms with van der Waals surface area (Å²) in [5, 5.41) is 25.6. The average molecular weight is 521 g/mol. The van der Waals surface area contributed by atoms with Gasteiger partial charge in [0.25, 0.3) is 0 Å².